The maximum atomic E-state index is 12.4. The predicted octanol–water partition coefficient (Wildman–Crippen LogP) is 2.77. The minimum Gasteiger partial charge on any atom is -0.478 e. The molecule has 2 heterocycles. The third-order valence-corrected chi connectivity index (χ3v) is 4.37. The molecule has 0 saturated heterocycles. The number of aromatic amines is 1. The highest BCUT2D eigenvalue weighted by atomic mass is 32.1. The molecule has 2 aromatic heterocycles. The van der Waals surface area contributed by atoms with Crippen LogP contribution >= 0.6 is 12.2 Å². The van der Waals surface area contributed by atoms with Gasteiger partial charge in [-0.25, -0.2) is 9.78 Å². The van der Waals surface area contributed by atoms with Gasteiger partial charge in [-0.3, -0.25) is 9.78 Å². The van der Waals surface area contributed by atoms with Crippen LogP contribution in [0.3, 0.4) is 0 Å². The quantitative estimate of drug-likeness (QED) is 0.670. The van der Waals surface area contributed by atoms with E-state index >= 15 is 0 Å². The molecule has 2 N–H and O–H groups in total. The summed E-state index contributed by atoms with van der Waals surface area (Å²) >= 11 is 5.23. The fraction of sp³-hybridized carbons (Fsp3) is 0.222. The first kappa shape index (κ1) is 18.0. The number of aromatic nitrogens is 3. The van der Waals surface area contributed by atoms with Crippen LogP contribution in [0.4, 0.5) is 0 Å². The summed E-state index contributed by atoms with van der Waals surface area (Å²) in [7, 11) is 1.55. The molecule has 1 aromatic carbocycles. The number of methoxy groups -OCH3 is 1. The minimum absolute atomic E-state index is 0.00179. The second-order valence-electron chi connectivity index (χ2n) is 5.83. The summed E-state index contributed by atoms with van der Waals surface area (Å²) in [4.78, 5) is 31.2. The zero-order valence-electron chi connectivity index (χ0n) is 14.3. The van der Waals surface area contributed by atoms with Crippen molar-refractivity contribution in [1.82, 2.24) is 14.5 Å². The number of aryl methyl sites for hydroxylation is 1. The van der Waals surface area contributed by atoms with Crippen molar-refractivity contribution in [2.45, 2.75) is 13.5 Å². The van der Waals surface area contributed by atoms with Crippen molar-refractivity contribution < 1.29 is 14.6 Å². The molecule has 8 heteroatoms. The number of nitrogens with zero attached hydrogens (tertiary/aromatic N) is 2. The molecule has 0 unspecified atom stereocenters. The zero-order valence-corrected chi connectivity index (χ0v) is 15.1. The van der Waals surface area contributed by atoms with Gasteiger partial charge in [0.25, 0.3) is 5.56 Å². The van der Waals surface area contributed by atoms with Gasteiger partial charge in [-0.1, -0.05) is 29.8 Å². The Morgan fingerprint density at radius 2 is 2.04 bits per heavy atom. The van der Waals surface area contributed by atoms with Crippen molar-refractivity contribution in [3.8, 4) is 11.3 Å². The molecule has 0 spiro atoms. The molecule has 0 amide bonds. The number of aromatic carboxylic acids is 1. The fourth-order valence-electron chi connectivity index (χ4n) is 2.70. The number of benzene rings is 1. The van der Waals surface area contributed by atoms with Crippen molar-refractivity contribution >= 4 is 29.2 Å². The van der Waals surface area contributed by atoms with Crippen LogP contribution in [0.25, 0.3) is 22.3 Å². The Labute approximate surface area is 153 Å². The van der Waals surface area contributed by atoms with Gasteiger partial charge >= 0.3 is 5.97 Å². The first-order chi connectivity index (χ1) is 12.4. The van der Waals surface area contributed by atoms with Crippen molar-refractivity contribution in [2.24, 2.45) is 0 Å². The Balaban J connectivity index is 2.39. The lowest BCUT2D eigenvalue weighted by Crippen LogP contribution is -2.20. The molecule has 0 aliphatic heterocycles. The van der Waals surface area contributed by atoms with Gasteiger partial charge in [0, 0.05) is 12.7 Å². The number of carboxylic acids is 1. The monoisotopic (exact) mass is 371 g/mol. The Morgan fingerprint density at radius 3 is 2.65 bits per heavy atom. The van der Waals surface area contributed by atoms with E-state index in [1.165, 1.54) is 6.07 Å². The van der Waals surface area contributed by atoms with Gasteiger partial charge in [0.05, 0.1) is 29.8 Å². The molecule has 0 aliphatic rings. The Bertz CT molecular complexity index is 1100. The van der Waals surface area contributed by atoms with Gasteiger partial charge in [0.15, 0.2) is 4.77 Å². The van der Waals surface area contributed by atoms with Gasteiger partial charge in [-0.05, 0) is 25.2 Å². The van der Waals surface area contributed by atoms with Crippen LogP contribution in [0, 0.1) is 11.7 Å². The van der Waals surface area contributed by atoms with Crippen molar-refractivity contribution in [3.63, 3.8) is 0 Å². The van der Waals surface area contributed by atoms with Gasteiger partial charge in [-0.2, -0.15) is 0 Å². The maximum absolute atomic E-state index is 12.4. The maximum Gasteiger partial charge on any atom is 0.336 e. The number of hydrogen-bond acceptors (Lipinski definition) is 5. The molecule has 3 rings (SSSR count). The summed E-state index contributed by atoms with van der Waals surface area (Å²) in [5, 5.41) is 9.62. The molecule has 0 radical (unpaired) electrons. The highest BCUT2D eigenvalue weighted by Crippen LogP contribution is 2.23. The highest BCUT2D eigenvalue weighted by Gasteiger charge is 2.18. The summed E-state index contributed by atoms with van der Waals surface area (Å²) < 4.78 is 6.84. The number of ether oxygens (including phenoxy) is 1. The second-order valence-corrected chi connectivity index (χ2v) is 6.22. The third-order valence-electron chi connectivity index (χ3n) is 4.05. The smallest absolute Gasteiger partial charge is 0.336 e. The number of H-pyrrole nitrogens is 1. The lowest BCUT2D eigenvalue weighted by molar-refractivity contribution is 0.0699. The SMILES string of the molecule is COCCn1c(=S)[nH]c(=O)c2c(C(=O)O)cc(-c3ccc(C)cc3)nc21. The van der Waals surface area contributed by atoms with Gasteiger partial charge in [0.1, 0.15) is 5.65 Å². The van der Waals surface area contributed by atoms with E-state index in [9.17, 15) is 14.7 Å². The Kier molecular flexibility index (Phi) is 4.97. The van der Waals surface area contributed by atoms with E-state index < -0.39 is 11.5 Å². The predicted molar refractivity (Wildman–Crippen MR) is 100 cm³/mol. The van der Waals surface area contributed by atoms with Crippen LogP contribution in [-0.2, 0) is 11.3 Å². The number of pyridine rings is 1. The number of rotatable bonds is 5. The first-order valence-corrected chi connectivity index (χ1v) is 8.30. The Hall–Kier alpha value is -2.84. The molecule has 7 nitrogen and oxygen atoms in total. The van der Waals surface area contributed by atoms with E-state index in [0.29, 0.717) is 18.8 Å². The van der Waals surface area contributed by atoms with E-state index in [2.05, 4.69) is 9.97 Å². The molecule has 26 heavy (non-hydrogen) atoms. The number of carbonyl (C=O) groups is 1. The van der Waals surface area contributed by atoms with Crippen LogP contribution in [0.15, 0.2) is 35.1 Å². The van der Waals surface area contributed by atoms with E-state index in [0.717, 1.165) is 11.1 Å². The average molecular weight is 371 g/mol. The zero-order chi connectivity index (χ0) is 18.8. The van der Waals surface area contributed by atoms with E-state index in [1.807, 2.05) is 31.2 Å². The lowest BCUT2D eigenvalue weighted by atomic mass is 10.1. The summed E-state index contributed by atoms with van der Waals surface area (Å²) in [5.74, 6) is -1.20. The van der Waals surface area contributed by atoms with Crippen molar-refractivity contribution in [3.05, 3.63) is 56.6 Å². The molecule has 0 atom stereocenters. The van der Waals surface area contributed by atoms with Crippen molar-refractivity contribution in [1.29, 1.82) is 0 Å². The highest BCUT2D eigenvalue weighted by molar-refractivity contribution is 7.71. The first-order valence-electron chi connectivity index (χ1n) is 7.89. The summed E-state index contributed by atoms with van der Waals surface area (Å²) in [6.45, 7) is 2.64. The summed E-state index contributed by atoms with van der Waals surface area (Å²) in [5.41, 5.74) is 1.83. The molecule has 0 fully saturated rings. The van der Waals surface area contributed by atoms with Gasteiger partial charge in [-0.15, -0.1) is 0 Å². The molecular weight excluding hydrogens is 354 g/mol. The van der Waals surface area contributed by atoms with Crippen LogP contribution in [0.1, 0.15) is 15.9 Å². The van der Waals surface area contributed by atoms with Crippen molar-refractivity contribution in [2.75, 3.05) is 13.7 Å². The van der Waals surface area contributed by atoms with E-state index in [-0.39, 0.29) is 21.4 Å². The topological polar surface area (TPSA) is 97.2 Å². The summed E-state index contributed by atoms with van der Waals surface area (Å²) in [6.07, 6.45) is 0. The summed E-state index contributed by atoms with van der Waals surface area (Å²) in [6, 6.07) is 8.95. The standard InChI is InChI=1S/C18H17N3O4S/c1-10-3-5-11(6-4-10)13-9-12(17(23)24)14-15(19-13)21(7-8-25-2)18(26)20-16(14)22/h3-6,9H,7-8H2,1-2H3,(H,23,24)(H,20,22,26). The molecule has 3 aromatic rings. The molecule has 0 saturated carbocycles. The molecule has 0 aliphatic carbocycles. The fourth-order valence-corrected chi connectivity index (χ4v) is 2.98. The Morgan fingerprint density at radius 1 is 1.35 bits per heavy atom. The van der Waals surface area contributed by atoms with Crippen LogP contribution < -0.4 is 5.56 Å². The normalized spacial score (nSPS) is 11.0. The average Bonchev–Trinajstić information content (AvgIpc) is 2.61. The van der Waals surface area contributed by atoms with Crippen LogP contribution in [-0.4, -0.2) is 39.3 Å². The number of fused-ring (bicyclic) bond motifs is 1. The van der Waals surface area contributed by atoms with Crippen LogP contribution in [0.2, 0.25) is 0 Å². The molecular formula is C18H17N3O4S. The van der Waals surface area contributed by atoms with Gasteiger partial charge < -0.3 is 14.4 Å². The minimum atomic E-state index is -1.20. The molecule has 134 valence electrons. The number of hydrogen-bond donors (Lipinski definition) is 2. The van der Waals surface area contributed by atoms with E-state index in [1.54, 1.807) is 11.7 Å². The lowest BCUT2D eigenvalue weighted by Gasteiger charge is -2.13. The largest absolute Gasteiger partial charge is 0.478 e. The number of carboxylic acid groups (broad SMARTS) is 1. The third kappa shape index (κ3) is 3.29. The van der Waals surface area contributed by atoms with Crippen LogP contribution in [0.5, 0.6) is 0 Å². The van der Waals surface area contributed by atoms with Gasteiger partial charge in [0.2, 0.25) is 0 Å². The second kappa shape index (κ2) is 7.19. The van der Waals surface area contributed by atoms with E-state index in [4.69, 9.17) is 17.0 Å². The molecule has 0 bridgehead atoms. The number of nitrogens with one attached hydrogen (secondary N) is 1.